The number of allylic oxidation sites excluding steroid dienone is 2. The van der Waals surface area contributed by atoms with E-state index < -0.39 is 6.10 Å². The number of carbonyl (C=O) groups is 2. The minimum atomic E-state index is -0.559. The molecule has 1 N–H and O–H groups in total. The van der Waals surface area contributed by atoms with Gasteiger partial charge in [0.2, 0.25) is 0 Å². The van der Waals surface area contributed by atoms with Crippen LogP contribution in [0.2, 0.25) is 0 Å². The maximum atomic E-state index is 12.7. The van der Waals surface area contributed by atoms with Crippen LogP contribution in [0.25, 0.3) is 0 Å². The highest BCUT2D eigenvalue weighted by molar-refractivity contribution is 5.80. The first kappa shape index (κ1) is 85.8. The van der Waals surface area contributed by atoms with Crippen molar-refractivity contribution in [3.8, 4) is 0 Å². The van der Waals surface area contributed by atoms with Gasteiger partial charge in [-0.2, -0.15) is 0 Å². The highest BCUT2D eigenvalue weighted by atomic mass is 16.5. The summed E-state index contributed by atoms with van der Waals surface area (Å²) < 4.78 is 5.12. The number of aliphatic hydroxyl groups is 1. The van der Waals surface area contributed by atoms with Crippen molar-refractivity contribution in [2.75, 3.05) is 7.11 Å². The van der Waals surface area contributed by atoms with Gasteiger partial charge in [-0.15, -0.1) is 0 Å². The third-order valence-corrected chi connectivity index (χ3v) is 20.3. The van der Waals surface area contributed by atoms with Gasteiger partial charge in [0.15, 0.2) is 0 Å². The van der Waals surface area contributed by atoms with Crippen molar-refractivity contribution in [2.24, 2.45) is 17.8 Å². The Hall–Kier alpha value is -1.16. The molecule has 4 nitrogen and oxygen atoms in total. The van der Waals surface area contributed by atoms with Crippen LogP contribution in [0.15, 0.2) is 12.2 Å². The minimum Gasteiger partial charge on any atom is -0.469 e. The van der Waals surface area contributed by atoms with Crippen LogP contribution in [-0.2, 0) is 14.3 Å². The van der Waals surface area contributed by atoms with Crippen LogP contribution in [0, 0.1) is 17.8 Å². The molecule has 0 radical (unpaired) electrons. The molecule has 4 heteroatoms. The fourth-order valence-electron chi connectivity index (χ4n) is 13.9. The summed E-state index contributed by atoms with van der Waals surface area (Å²) in [5.74, 6) is 0.973. The van der Waals surface area contributed by atoms with Gasteiger partial charge in [-0.05, 0) is 50.9 Å². The summed E-state index contributed by atoms with van der Waals surface area (Å²) in [6.07, 6.45) is 98.2. The van der Waals surface area contributed by atoms with Crippen molar-refractivity contribution < 1.29 is 19.4 Å². The zero-order valence-corrected chi connectivity index (χ0v) is 60.6. The van der Waals surface area contributed by atoms with E-state index in [1.807, 2.05) is 0 Å². The van der Waals surface area contributed by atoms with E-state index in [-0.39, 0.29) is 17.8 Å². The molecule has 0 aliphatic rings. The molecule has 0 aromatic heterocycles. The molecule has 0 aliphatic heterocycles. The van der Waals surface area contributed by atoms with Gasteiger partial charge in [-0.25, -0.2) is 0 Å². The second kappa shape index (κ2) is 73.9. The third-order valence-electron chi connectivity index (χ3n) is 20.3. The standard InChI is InChI=1S/C83H162O4/c1-6-8-10-12-14-16-18-20-22-24-25-26-27-33-39-45-51-57-63-69-75-80(83(86)87-5)82(85)77-71-65-59-53-47-41-35-29-31-37-43-49-55-61-67-73-78(3)72-66-60-54-48-42-36-30-28-34-40-46-52-58-64-70-76-81(84)79(4)74-68-62-56-50-44-38-32-23-21-19-17-15-13-11-9-7-2/h66,72,78-80,82,85H,6-65,67-71,73-77H2,1-5H3/t78-,79+,80-,82-/m1/s1. The Morgan fingerprint density at radius 2 is 0.552 bits per heavy atom. The first-order valence-electron chi connectivity index (χ1n) is 40.8. The van der Waals surface area contributed by atoms with Gasteiger partial charge in [0.05, 0.1) is 19.1 Å². The number of aliphatic hydroxyl groups excluding tert-OH is 1. The molecule has 0 aromatic rings. The molecule has 0 aliphatic carbocycles. The number of ketones is 1. The van der Waals surface area contributed by atoms with Gasteiger partial charge in [-0.3, -0.25) is 9.59 Å². The lowest BCUT2D eigenvalue weighted by molar-refractivity contribution is -0.150. The van der Waals surface area contributed by atoms with Crippen molar-refractivity contribution in [1.29, 1.82) is 0 Å². The third kappa shape index (κ3) is 67.5. The maximum Gasteiger partial charge on any atom is 0.311 e. The van der Waals surface area contributed by atoms with E-state index in [1.54, 1.807) is 0 Å². The topological polar surface area (TPSA) is 63.6 Å². The lowest BCUT2D eigenvalue weighted by Crippen LogP contribution is -2.29. The van der Waals surface area contributed by atoms with Crippen LogP contribution < -0.4 is 0 Å². The van der Waals surface area contributed by atoms with Crippen molar-refractivity contribution >= 4 is 11.8 Å². The largest absolute Gasteiger partial charge is 0.469 e. The monoisotopic (exact) mass is 1220 g/mol. The molecular formula is C83H162O4. The number of carbonyl (C=O) groups excluding carboxylic acids is 2. The molecule has 0 bridgehead atoms. The summed E-state index contributed by atoms with van der Waals surface area (Å²) in [6, 6.07) is 0. The number of rotatable bonds is 76. The second-order valence-electron chi connectivity index (χ2n) is 29.1. The van der Waals surface area contributed by atoms with Crippen molar-refractivity contribution in [2.45, 2.75) is 483 Å². The molecular weight excluding hydrogens is 1060 g/mol. The van der Waals surface area contributed by atoms with Crippen LogP contribution in [0.5, 0.6) is 0 Å². The van der Waals surface area contributed by atoms with E-state index in [9.17, 15) is 14.7 Å². The Bertz CT molecular complexity index is 1340. The number of methoxy groups -OCH3 is 1. The predicted octanol–water partition coefficient (Wildman–Crippen LogP) is 28.9. The lowest BCUT2D eigenvalue weighted by Gasteiger charge is -2.20. The van der Waals surface area contributed by atoms with Crippen molar-refractivity contribution in [3.05, 3.63) is 12.2 Å². The second-order valence-corrected chi connectivity index (χ2v) is 29.1. The SMILES string of the molecule is CCCCCCCCCCCCCCCCCCCCCC[C@@H](C(=O)OC)[C@H](O)CCCCCCCCCCCCCCCCC[C@H](C)C=CCCCCCCCCCCCCCCCC(=O)[C@@H](C)CCCCCCCCCCCCCCCCCC. The summed E-state index contributed by atoms with van der Waals surface area (Å²) in [7, 11) is 1.48. The number of Topliss-reactive ketones (excluding diaryl/α,β-unsaturated/α-hetero) is 1. The van der Waals surface area contributed by atoms with Gasteiger partial charge in [0, 0.05) is 12.3 Å². The van der Waals surface area contributed by atoms with E-state index in [0.29, 0.717) is 5.78 Å². The number of esters is 1. The molecule has 0 amide bonds. The summed E-state index contributed by atoms with van der Waals surface area (Å²) in [4.78, 5) is 25.2. The van der Waals surface area contributed by atoms with Crippen LogP contribution >= 0.6 is 0 Å². The Morgan fingerprint density at radius 3 is 0.851 bits per heavy atom. The molecule has 0 saturated heterocycles. The molecule has 4 atom stereocenters. The molecule has 0 saturated carbocycles. The lowest BCUT2D eigenvalue weighted by atomic mass is 9.91. The minimum absolute atomic E-state index is 0.216. The van der Waals surface area contributed by atoms with Crippen molar-refractivity contribution in [1.82, 2.24) is 0 Å². The molecule has 87 heavy (non-hydrogen) atoms. The van der Waals surface area contributed by atoms with Gasteiger partial charge in [0.25, 0.3) is 0 Å². The maximum absolute atomic E-state index is 12.7. The van der Waals surface area contributed by atoms with Crippen LogP contribution in [0.3, 0.4) is 0 Å². The number of hydrogen-bond donors (Lipinski definition) is 1. The number of ether oxygens (including phenoxy) is 1. The predicted molar refractivity (Wildman–Crippen MR) is 389 cm³/mol. The zero-order chi connectivity index (χ0) is 63.1. The van der Waals surface area contributed by atoms with E-state index >= 15 is 0 Å². The zero-order valence-electron chi connectivity index (χ0n) is 60.6. The Morgan fingerprint density at radius 1 is 0.310 bits per heavy atom. The molecule has 0 rings (SSSR count). The molecule has 518 valence electrons. The first-order chi connectivity index (χ1) is 42.9. The van der Waals surface area contributed by atoms with E-state index in [0.717, 1.165) is 63.7 Å². The Balaban J connectivity index is 3.48. The first-order valence-corrected chi connectivity index (χ1v) is 40.8. The molecule has 0 aromatic carbocycles. The van der Waals surface area contributed by atoms with Gasteiger partial charge < -0.3 is 9.84 Å². The fourth-order valence-corrected chi connectivity index (χ4v) is 13.9. The molecule has 0 unspecified atom stereocenters. The normalized spacial score (nSPS) is 13.3. The average Bonchev–Trinajstić information content (AvgIpc) is 3.56. The van der Waals surface area contributed by atoms with Crippen LogP contribution in [-0.4, -0.2) is 30.1 Å². The van der Waals surface area contributed by atoms with Crippen molar-refractivity contribution in [3.63, 3.8) is 0 Å². The van der Waals surface area contributed by atoms with Gasteiger partial charge >= 0.3 is 5.97 Å². The summed E-state index contributed by atoms with van der Waals surface area (Å²) >= 11 is 0. The van der Waals surface area contributed by atoms with E-state index in [4.69, 9.17) is 4.74 Å². The Kier molecular flexibility index (Phi) is 72.9. The summed E-state index contributed by atoms with van der Waals surface area (Å²) in [5, 5.41) is 10.9. The molecule has 0 spiro atoms. The highest BCUT2D eigenvalue weighted by Gasteiger charge is 2.27. The van der Waals surface area contributed by atoms with E-state index in [1.165, 1.54) is 399 Å². The molecule has 0 heterocycles. The quantitative estimate of drug-likeness (QED) is 0.0374. The number of hydrogen-bond acceptors (Lipinski definition) is 4. The fraction of sp³-hybridized carbons (Fsp3) is 0.952. The summed E-state index contributed by atoms with van der Waals surface area (Å²) in [6.45, 7) is 9.21. The van der Waals surface area contributed by atoms with Gasteiger partial charge in [-0.1, -0.05) is 438 Å². The van der Waals surface area contributed by atoms with Crippen LogP contribution in [0.1, 0.15) is 477 Å². The molecule has 0 fully saturated rings. The van der Waals surface area contributed by atoms with Crippen LogP contribution in [0.4, 0.5) is 0 Å². The smallest absolute Gasteiger partial charge is 0.311 e. The Labute approximate surface area is 548 Å². The highest BCUT2D eigenvalue weighted by Crippen LogP contribution is 2.24. The number of unbranched alkanes of at least 4 members (excludes halogenated alkanes) is 61. The summed E-state index contributed by atoms with van der Waals surface area (Å²) in [5.41, 5.74) is 0. The average molecular weight is 1220 g/mol. The van der Waals surface area contributed by atoms with E-state index in [2.05, 4.69) is 39.8 Å². The van der Waals surface area contributed by atoms with Gasteiger partial charge in [0.1, 0.15) is 5.78 Å².